The standard InChI is InChI=1S/C16H14N2O2/c1-11-9-12(13-5-2-3-6-14(13)18-11)10-17-16(19)15-7-4-8-20-15/h2-9H,10H2,1H3,(H,17,19). The number of amides is 1. The highest BCUT2D eigenvalue weighted by molar-refractivity contribution is 5.91. The third-order valence-electron chi connectivity index (χ3n) is 3.11. The van der Waals surface area contributed by atoms with Gasteiger partial charge in [-0.05, 0) is 36.8 Å². The van der Waals surface area contributed by atoms with Gasteiger partial charge in [0.1, 0.15) is 0 Å². The minimum Gasteiger partial charge on any atom is -0.459 e. The number of rotatable bonds is 3. The van der Waals surface area contributed by atoms with Crippen molar-refractivity contribution in [2.24, 2.45) is 0 Å². The molecule has 0 unspecified atom stereocenters. The summed E-state index contributed by atoms with van der Waals surface area (Å²) in [7, 11) is 0. The average molecular weight is 266 g/mol. The molecule has 0 bridgehead atoms. The van der Waals surface area contributed by atoms with Gasteiger partial charge in [-0.3, -0.25) is 9.78 Å². The van der Waals surface area contributed by atoms with Crippen LogP contribution in [0.25, 0.3) is 10.9 Å². The Labute approximate surface area is 116 Å². The summed E-state index contributed by atoms with van der Waals surface area (Å²) in [6.45, 7) is 2.40. The van der Waals surface area contributed by atoms with Crippen LogP contribution in [0.4, 0.5) is 0 Å². The third kappa shape index (κ3) is 2.40. The minimum absolute atomic E-state index is 0.214. The summed E-state index contributed by atoms with van der Waals surface area (Å²) in [5.41, 5.74) is 2.92. The lowest BCUT2D eigenvalue weighted by atomic mass is 10.1. The van der Waals surface area contributed by atoms with Crippen LogP contribution in [0.5, 0.6) is 0 Å². The average Bonchev–Trinajstić information content (AvgIpc) is 2.98. The van der Waals surface area contributed by atoms with Gasteiger partial charge in [0.2, 0.25) is 0 Å². The molecule has 3 aromatic rings. The van der Waals surface area contributed by atoms with Gasteiger partial charge in [0, 0.05) is 17.6 Å². The molecule has 1 amide bonds. The van der Waals surface area contributed by atoms with Crippen LogP contribution in [-0.4, -0.2) is 10.9 Å². The van der Waals surface area contributed by atoms with Crippen LogP contribution in [-0.2, 0) is 6.54 Å². The fourth-order valence-electron chi connectivity index (χ4n) is 2.21. The van der Waals surface area contributed by atoms with Crippen LogP contribution >= 0.6 is 0 Å². The molecule has 0 saturated carbocycles. The maximum atomic E-state index is 11.9. The monoisotopic (exact) mass is 266 g/mol. The number of pyridine rings is 1. The second-order valence-corrected chi connectivity index (χ2v) is 4.60. The van der Waals surface area contributed by atoms with Gasteiger partial charge in [0.05, 0.1) is 11.8 Å². The number of nitrogens with one attached hydrogen (secondary N) is 1. The van der Waals surface area contributed by atoms with E-state index >= 15 is 0 Å². The summed E-state index contributed by atoms with van der Waals surface area (Å²) in [5, 5.41) is 3.91. The number of aromatic nitrogens is 1. The number of carbonyl (C=O) groups is 1. The molecule has 2 aromatic heterocycles. The van der Waals surface area contributed by atoms with Crippen molar-refractivity contribution in [3.8, 4) is 0 Å². The van der Waals surface area contributed by atoms with E-state index in [0.717, 1.165) is 22.2 Å². The maximum absolute atomic E-state index is 11.9. The van der Waals surface area contributed by atoms with Crippen LogP contribution in [0, 0.1) is 6.92 Å². The van der Waals surface area contributed by atoms with E-state index in [9.17, 15) is 4.79 Å². The molecule has 100 valence electrons. The van der Waals surface area contributed by atoms with E-state index < -0.39 is 0 Å². The SMILES string of the molecule is Cc1cc(CNC(=O)c2ccco2)c2ccccc2n1. The Morgan fingerprint density at radius 2 is 2.10 bits per heavy atom. The first-order chi connectivity index (χ1) is 9.74. The lowest BCUT2D eigenvalue weighted by Crippen LogP contribution is -2.22. The predicted octanol–water partition coefficient (Wildman–Crippen LogP) is 3.07. The molecule has 0 aliphatic rings. The number of furan rings is 1. The first kappa shape index (κ1) is 12.4. The molecule has 0 radical (unpaired) electrons. The molecule has 4 heteroatoms. The second-order valence-electron chi connectivity index (χ2n) is 4.60. The van der Waals surface area contributed by atoms with Crippen LogP contribution in [0.3, 0.4) is 0 Å². The number of carbonyl (C=O) groups excluding carboxylic acids is 1. The molecule has 0 aliphatic heterocycles. The van der Waals surface area contributed by atoms with Gasteiger partial charge in [0.25, 0.3) is 5.91 Å². The van der Waals surface area contributed by atoms with E-state index in [2.05, 4.69) is 10.3 Å². The highest BCUT2D eigenvalue weighted by Gasteiger charge is 2.09. The first-order valence-corrected chi connectivity index (χ1v) is 6.41. The van der Waals surface area contributed by atoms with E-state index in [4.69, 9.17) is 4.42 Å². The zero-order valence-electron chi connectivity index (χ0n) is 11.1. The molecule has 0 aliphatic carbocycles. The van der Waals surface area contributed by atoms with Crippen molar-refractivity contribution in [2.45, 2.75) is 13.5 Å². The molecule has 0 saturated heterocycles. The number of benzene rings is 1. The Morgan fingerprint density at radius 1 is 1.25 bits per heavy atom. The maximum Gasteiger partial charge on any atom is 0.287 e. The van der Waals surface area contributed by atoms with E-state index in [1.54, 1.807) is 12.1 Å². The van der Waals surface area contributed by atoms with Gasteiger partial charge < -0.3 is 9.73 Å². The summed E-state index contributed by atoms with van der Waals surface area (Å²) in [5.74, 6) is 0.105. The normalized spacial score (nSPS) is 10.7. The first-order valence-electron chi connectivity index (χ1n) is 6.41. The highest BCUT2D eigenvalue weighted by Crippen LogP contribution is 2.18. The molecule has 4 nitrogen and oxygen atoms in total. The highest BCUT2D eigenvalue weighted by atomic mass is 16.3. The van der Waals surface area contributed by atoms with E-state index in [0.29, 0.717) is 12.3 Å². The molecule has 1 aromatic carbocycles. The Balaban J connectivity index is 1.86. The number of aryl methyl sites for hydroxylation is 1. The van der Waals surface area contributed by atoms with Crippen LogP contribution in [0.2, 0.25) is 0 Å². The predicted molar refractivity (Wildman–Crippen MR) is 76.4 cm³/mol. The fraction of sp³-hybridized carbons (Fsp3) is 0.125. The van der Waals surface area contributed by atoms with Crippen molar-refractivity contribution in [1.29, 1.82) is 0 Å². The van der Waals surface area contributed by atoms with Crippen molar-refractivity contribution in [2.75, 3.05) is 0 Å². The van der Waals surface area contributed by atoms with E-state index in [-0.39, 0.29) is 5.91 Å². The van der Waals surface area contributed by atoms with Crippen LogP contribution < -0.4 is 5.32 Å². The Bertz CT molecular complexity index is 748. The lowest BCUT2D eigenvalue weighted by Gasteiger charge is -2.08. The van der Waals surface area contributed by atoms with Crippen molar-refractivity contribution in [1.82, 2.24) is 10.3 Å². The number of fused-ring (bicyclic) bond motifs is 1. The molecule has 20 heavy (non-hydrogen) atoms. The Morgan fingerprint density at radius 3 is 2.90 bits per heavy atom. The van der Waals surface area contributed by atoms with Gasteiger partial charge in [-0.15, -0.1) is 0 Å². The molecule has 0 fully saturated rings. The number of hydrogen-bond donors (Lipinski definition) is 1. The van der Waals surface area contributed by atoms with Crippen molar-refractivity contribution >= 4 is 16.8 Å². The zero-order chi connectivity index (χ0) is 13.9. The Hall–Kier alpha value is -2.62. The molecular formula is C16H14N2O2. The summed E-state index contributed by atoms with van der Waals surface area (Å²) < 4.78 is 5.07. The summed E-state index contributed by atoms with van der Waals surface area (Å²) in [6.07, 6.45) is 1.49. The summed E-state index contributed by atoms with van der Waals surface area (Å²) in [6, 6.07) is 13.2. The smallest absolute Gasteiger partial charge is 0.287 e. The molecule has 3 rings (SSSR count). The quantitative estimate of drug-likeness (QED) is 0.792. The lowest BCUT2D eigenvalue weighted by molar-refractivity contribution is 0.0923. The number of para-hydroxylation sites is 1. The van der Waals surface area contributed by atoms with Gasteiger partial charge in [-0.25, -0.2) is 0 Å². The van der Waals surface area contributed by atoms with Gasteiger partial charge >= 0.3 is 0 Å². The summed E-state index contributed by atoms with van der Waals surface area (Å²) in [4.78, 5) is 16.4. The molecular weight excluding hydrogens is 252 g/mol. The molecule has 1 N–H and O–H groups in total. The van der Waals surface area contributed by atoms with Crippen LogP contribution in [0.15, 0.2) is 53.1 Å². The second kappa shape index (κ2) is 5.17. The third-order valence-corrected chi connectivity index (χ3v) is 3.11. The van der Waals surface area contributed by atoms with Crippen LogP contribution in [0.1, 0.15) is 21.8 Å². The van der Waals surface area contributed by atoms with Crippen molar-refractivity contribution < 1.29 is 9.21 Å². The van der Waals surface area contributed by atoms with Gasteiger partial charge in [-0.2, -0.15) is 0 Å². The van der Waals surface area contributed by atoms with Crippen molar-refractivity contribution in [3.63, 3.8) is 0 Å². The Kier molecular flexibility index (Phi) is 3.21. The number of nitrogens with zero attached hydrogens (tertiary/aromatic N) is 1. The number of hydrogen-bond acceptors (Lipinski definition) is 3. The zero-order valence-corrected chi connectivity index (χ0v) is 11.1. The molecule has 0 spiro atoms. The largest absolute Gasteiger partial charge is 0.459 e. The minimum atomic E-state index is -0.214. The molecule has 2 heterocycles. The topological polar surface area (TPSA) is 55.1 Å². The van der Waals surface area contributed by atoms with E-state index in [1.807, 2.05) is 37.3 Å². The van der Waals surface area contributed by atoms with E-state index in [1.165, 1.54) is 6.26 Å². The fourth-order valence-corrected chi connectivity index (χ4v) is 2.21. The van der Waals surface area contributed by atoms with Crippen molar-refractivity contribution in [3.05, 3.63) is 65.7 Å². The summed E-state index contributed by atoms with van der Waals surface area (Å²) >= 11 is 0. The van der Waals surface area contributed by atoms with Gasteiger partial charge in [-0.1, -0.05) is 18.2 Å². The molecule has 0 atom stereocenters. The van der Waals surface area contributed by atoms with Gasteiger partial charge in [0.15, 0.2) is 5.76 Å².